The van der Waals surface area contributed by atoms with Gasteiger partial charge in [0.05, 0.1) is 11.0 Å². The minimum absolute atomic E-state index is 0.0190. The Labute approximate surface area is 170 Å². The van der Waals surface area contributed by atoms with Crippen LogP contribution in [0.2, 0.25) is 0 Å². The zero-order valence-corrected chi connectivity index (χ0v) is 15.9. The van der Waals surface area contributed by atoms with Gasteiger partial charge >= 0.3 is 12.0 Å². The molecule has 0 aromatic heterocycles. The van der Waals surface area contributed by atoms with Crippen LogP contribution in [0.3, 0.4) is 0 Å². The van der Waals surface area contributed by atoms with Crippen LogP contribution in [0.5, 0.6) is 11.5 Å². The number of hydrogen-bond donors (Lipinski definition) is 1. The maximum atomic E-state index is 12.9. The van der Waals surface area contributed by atoms with E-state index in [2.05, 4.69) is 10.3 Å². The topological polar surface area (TPSA) is 129 Å². The highest BCUT2D eigenvalue weighted by Crippen LogP contribution is 2.33. The minimum Gasteiger partial charge on any atom is -0.460 e. The summed E-state index contributed by atoms with van der Waals surface area (Å²) in [4.78, 5) is 39.2. The fraction of sp³-hybridized carbons (Fsp3) is 0.250. The molecule has 154 valence electrons. The molecule has 30 heavy (non-hydrogen) atoms. The molecule has 10 nitrogen and oxygen atoms in total. The second-order valence-electron chi connectivity index (χ2n) is 6.81. The van der Waals surface area contributed by atoms with E-state index in [1.165, 1.54) is 18.2 Å². The zero-order chi connectivity index (χ0) is 21.3. The SMILES string of the molecule is CC1=NC(=O)NC(c2cccc([N+](=O)[O-])c2)C1C(=O)OCc1ccc2c(c1)OCO2. The lowest BCUT2D eigenvalue weighted by Crippen LogP contribution is -2.44. The quantitative estimate of drug-likeness (QED) is 0.455. The summed E-state index contributed by atoms with van der Waals surface area (Å²) in [6.07, 6.45) is 0. The minimum atomic E-state index is -0.918. The molecular weight excluding hydrogens is 394 g/mol. The number of fused-ring (bicyclic) bond motifs is 1. The van der Waals surface area contributed by atoms with Gasteiger partial charge in [-0.3, -0.25) is 14.9 Å². The first kappa shape index (κ1) is 19.4. The normalized spacial score (nSPS) is 19.6. The summed E-state index contributed by atoms with van der Waals surface area (Å²) < 4.78 is 16.0. The van der Waals surface area contributed by atoms with Crippen molar-refractivity contribution in [3.05, 3.63) is 63.7 Å². The Morgan fingerprint density at radius 1 is 1.27 bits per heavy atom. The first-order valence-corrected chi connectivity index (χ1v) is 9.07. The Bertz CT molecular complexity index is 1070. The number of nitro benzene ring substituents is 1. The number of non-ortho nitro benzene ring substituents is 1. The zero-order valence-electron chi connectivity index (χ0n) is 15.9. The van der Waals surface area contributed by atoms with Crippen LogP contribution in [-0.4, -0.2) is 29.4 Å². The van der Waals surface area contributed by atoms with Crippen molar-refractivity contribution in [2.75, 3.05) is 6.79 Å². The molecule has 2 heterocycles. The molecule has 1 N–H and O–H groups in total. The van der Waals surface area contributed by atoms with Crippen molar-refractivity contribution < 1.29 is 28.7 Å². The highest BCUT2D eigenvalue weighted by Gasteiger charge is 2.38. The summed E-state index contributed by atoms with van der Waals surface area (Å²) in [5.74, 6) is -0.335. The summed E-state index contributed by atoms with van der Waals surface area (Å²) in [5, 5.41) is 13.7. The maximum absolute atomic E-state index is 12.9. The summed E-state index contributed by atoms with van der Waals surface area (Å²) >= 11 is 0. The van der Waals surface area contributed by atoms with Gasteiger partial charge in [-0.15, -0.1) is 0 Å². The maximum Gasteiger partial charge on any atom is 0.341 e. The van der Waals surface area contributed by atoms with Crippen LogP contribution in [-0.2, 0) is 16.1 Å². The van der Waals surface area contributed by atoms with Crippen molar-refractivity contribution in [2.24, 2.45) is 10.9 Å². The highest BCUT2D eigenvalue weighted by atomic mass is 16.7. The van der Waals surface area contributed by atoms with E-state index in [4.69, 9.17) is 14.2 Å². The predicted molar refractivity (Wildman–Crippen MR) is 103 cm³/mol. The van der Waals surface area contributed by atoms with E-state index in [0.29, 0.717) is 22.6 Å². The van der Waals surface area contributed by atoms with Crippen molar-refractivity contribution in [3.63, 3.8) is 0 Å². The molecule has 0 fully saturated rings. The summed E-state index contributed by atoms with van der Waals surface area (Å²) in [5.41, 5.74) is 1.24. The number of amides is 2. The third-order valence-corrected chi connectivity index (χ3v) is 4.85. The standard InChI is InChI=1S/C20H17N3O7/c1-11-17(19(24)28-9-12-5-6-15-16(7-12)30-10-29-15)18(22-20(25)21-11)13-3-2-4-14(8-13)23(26)27/h2-8,17-18H,9-10H2,1H3,(H,22,25). The fourth-order valence-electron chi connectivity index (χ4n) is 3.41. The highest BCUT2D eigenvalue weighted by molar-refractivity contribution is 6.08. The average Bonchev–Trinajstić information content (AvgIpc) is 3.19. The van der Waals surface area contributed by atoms with Gasteiger partial charge < -0.3 is 19.5 Å². The van der Waals surface area contributed by atoms with Gasteiger partial charge in [-0.2, -0.15) is 0 Å². The molecule has 2 atom stereocenters. The number of esters is 1. The number of rotatable bonds is 5. The van der Waals surface area contributed by atoms with E-state index in [-0.39, 0.29) is 24.8 Å². The Morgan fingerprint density at radius 2 is 2.07 bits per heavy atom. The number of nitro groups is 1. The van der Waals surface area contributed by atoms with Gasteiger partial charge in [-0.25, -0.2) is 9.79 Å². The van der Waals surface area contributed by atoms with Gasteiger partial charge in [0.25, 0.3) is 5.69 Å². The summed E-state index contributed by atoms with van der Waals surface area (Å²) in [6.45, 7) is 1.67. The van der Waals surface area contributed by atoms with Crippen molar-refractivity contribution in [2.45, 2.75) is 19.6 Å². The molecule has 2 aromatic carbocycles. The molecule has 0 aliphatic carbocycles. The molecular formula is C20H17N3O7. The second-order valence-corrected chi connectivity index (χ2v) is 6.81. The van der Waals surface area contributed by atoms with Crippen molar-refractivity contribution in [3.8, 4) is 11.5 Å². The van der Waals surface area contributed by atoms with Crippen LogP contribution in [0, 0.1) is 16.0 Å². The van der Waals surface area contributed by atoms with Crippen LogP contribution < -0.4 is 14.8 Å². The Balaban J connectivity index is 1.55. The predicted octanol–water partition coefficient (Wildman–Crippen LogP) is 2.91. The van der Waals surface area contributed by atoms with Crippen LogP contribution in [0.25, 0.3) is 0 Å². The third-order valence-electron chi connectivity index (χ3n) is 4.85. The van der Waals surface area contributed by atoms with E-state index >= 15 is 0 Å². The van der Waals surface area contributed by atoms with Gasteiger partial charge in [0, 0.05) is 17.8 Å². The molecule has 0 saturated carbocycles. The lowest BCUT2D eigenvalue weighted by atomic mass is 9.88. The molecule has 2 aliphatic heterocycles. The van der Waals surface area contributed by atoms with E-state index in [1.807, 2.05) is 0 Å². The van der Waals surface area contributed by atoms with Gasteiger partial charge in [-0.1, -0.05) is 18.2 Å². The number of aliphatic imine (C=N–C) groups is 1. The van der Waals surface area contributed by atoms with E-state index in [1.54, 1.807) is 31.2 Å². The molecule has 2 unspecified atom stereocenters. The number of urea groups is 1. The number of ether oxygens (including phenoxy) is 3. The lowest BCUT2D eigenvalue weighted by Gasteiger charge is -2.29. The van der Waals surface area contributed by atoms with Crippen molar-refractivity contribution in [1.29, 1.82) is 0 Å². The third kappa shape index (κ3) is 3.79. The second kappa shape index (κ2) is 7.82. The van der Waals surface area contributed by atoms with Crippen LogP contribution in [0.15, 0.2) is 47.5 Å². The molecule has 2 aliphatic rings. The van der Waals surface area contributed by atoms with E-state index in [9.17, 15) is 19.7 Å². The number of carbonyl (C=O) groups is 2. The number of carbonyl (C=O) groups excluding carboxylic acids is 2. The Hall–Kier alpha value is -3.95. The van der Waals surface area contributed by atoms with Crippen LogP contribution in [0.4, 0.5) is 10.5 Å². The first-order valence-electron chi connectivity index (χ1n) is 9.07. The van der Waals surface area contributed by atoms with Crippen LogP contribution >= 0.6 is 0 Å². The fourth-order valence-corrected chi connectivity index (χ4v) is 3.41. The molecule has 0 saturated heterocycles. The Morgan fingerprint density at radius 3 is 2.87 bits per heavy atom. The van der Waals surface area contributed by atoms with Crippen LogP contribution in [0.1, 0.15) is 24.1 Å². The molecule has 10 heteroatoms. The smallest absolute Gasteiger partial charge is 0.341 e. The lowest BCUT2D eigenvalue weighted by molar-refractivity contribution is -0.384. The van der Waals surface area contributed by atoms with Gasteiger partial charge in [0.15, 0.2) is 11.5 Å². The Kier molecular flexibility index (Phi) is 5.05. The molecule has 0 radical (unpaired) electrons. The van der Waals surface area contributed by atoms with Gasteiger partial charge in [0.1, 0.15) is 12.5 Å². The monoisotopic (exact) mass is 411 g/mol. The molecule has 4 rings (SSSR count). The number of nitrogens with one attached hydrogen (secondary N) is 1. The summed E-state index contributed by atoms with van der Waals surface area (Å²) in [7, 11) is 0. The molecule has 0 bridgehead atoms. The molecule has 2 aromatic rings. The molecule has 0 spiro atoms. The average molecular weight is 411 g/mol. The number of benzene rings is 2. The van der Waals surface area contributed by atoms with Gasteiger partial charge in [0.2, 0.25) is 6.79 Å². The molecule has 2 amide bonds. The number of hydrogen-bond acceptors (Lipinski definition) is 7. The van der Waals surface area contributed by atoms with Gasteiger partial charge in [-0.05, 0) is 30.2 Å². The first-order chi connectivity index (χ1) is 14.4. The largest absolute Gasteiger partial charge is 0.460 e. The summed E-state index contributed by atoms with van der Waals surface area (Å²) in [6, 6.07) is 9.50. The van der Waals surface area contributed by atoms with Crippen molar-refractivity contribution >= 4 is 23.4 Å². The van der Waals surface area contributed by atoms with E-state index < -0.39 is 28.9 Å². The van der Waals surface area contributed by atoms with E-state index in [0.717, 1.165) is 0 Å². The number of nitrogens with zero attached hydrogens (tertiary/aromatic N) is 2. The van der Waals surface area contributed by atoms with Crippen molar-refractivity contribution in [1.82, 2.24) is 5.32 Å².